The second-order valence-electron chi connectivity index (χ2n) is 5.50. The average Bonchev–Trinajstić information content (AvgIpc) is 3.02. The maximum absolute atomic E-state index is 11.1. The number of rotatable bonds is 3. The summed E-state index contributed by atoms with van der Waals surface area (Å²) in [6.07, 6.45) is 4.58. The standard InChI is InChI=1S/C17H14N4O2S/c22-21(23)14-4-1-3-13(11-14)16-15(12-5-7-18-8-6-12)17-20(19-16)9-2-10-24-17/h1,3-8,11H,2,9-10H2. The van der Waals surface area contributed by atoms with Gasteiger partial charge in [-0.1, -0.05) is 12.1 Å². The molecule has 24 heavy (non-hydrogen) atoms. The fourth-order valence-corrected chi connectivity index (χ4v) is 3.98. The first-order chi connectivity index (χ1) is 11.7. The van der Waals surface area contributed by atoms with Gasteiger partial charge >= 0.3 is 0 Å². The Kier molecular flexibility index (Phi) is 3.78. The van der Waals surface area contributed by atoms with E-state index >= 15 is 0 Å². The third kappa shape index (κ3) is 2.56. The molecule has 1 aromatic carbocycles. The largest absolute Gasteiger partial charge is 0.270 e. The summed E-state index contributed by atoms with van der Waals surface area (Å²) in [5.74, 6) is 1.05. The zero-order valence-electron chi connectivity index (χ0n) is 12.8. The minimum Gasteiger partial charge on any atom is -0.265 e. The third-order valence-electron chi connectivity index (χ3n) is 3.96. The van der Waals surface area contributed by atoms with E-state index in [0.29, 0.717) is 0 Å². The van der Waals surface area contributed by atoms with Crippen LogP contribution in [0.2, 0.25) is 0 Å². The maximum atomic E-state index is 11.1. The van der Waals surface area contributed by atoms with Gasteiger partial charge in [0.1, 0.15) is 10.7 Å². The Bertz CT molecular complexity index is 908. The normalized spacial score (nSPS) is 13.5. The number of non-ortho nitro benzene ring substituents is 1. The van der Waals surface area contributed by atoms with Crippen molar-refractivity contribution in [3.63, 3.8) is 0 Å². The van der Waals surface area contributed by atoms with Crippen molar-refractivity contribution in [2.24, 2.45) is 0 Å². The number of nitro groups is 1. The lowest BCUT2D eigenvalue weighted by molar-refractivity contribution is -0.384. The molecule has 120 valence electrons. The molecule has 3 aromatic rings. The molecule has 0 spiro atoms. The lowest BCUT2D eigenvalue weighted by atomic mass is 10.0. The van der Waals surface area contributed by atoms with E-state index in [2.05, 4.69) is 4.98 Å². The van der Waals surface area contributed by atoms with E-state index < -0.39 is 0 Å². The van der Waals surface area contributed by atoms with E-state index in [-0.39, 0.29) is 10.6 Å². The van der Waals surface area contributed by atoms with Crippen LogP contribution in [0.25, 0.3) is 22.4 Å². The summed E-state index contributed by atoms with van der Waals surface area (Å²) in [6, 6.07) is 10.6. The summed E-state index contributed by atoms with van der Waals surface area (Å²) in [7, 11) is 0. The van der Waals surface area contributed by atoms with E-state index in [9.17, 15) is 10.1 Å². The summed E-state index contributed by atoms with van der Waals surface area (Å²) in [6.45, 7) is 0.870. The number of fused-ring (bicyclic) bond motifs is 1. The van der Waals surface area contributed by atoms with Gasteiger partial charge in [0.15, 0.2) is 0 Å². The molecule has 0 atom stereocenters. The minimum atomic E-state index is -0.375. The number of aromatic nitrogens is 3. The highest BCUT2D eigenvalue weighted by Gasteiger charge is 2.24. The Morgan fingerprint density at radius 3 is 2.79 bits per heavy atom. The van der Waals surface area contributed by atoms with E-state index in [1.165, 1.54) is 6.07 Å². The minimum absolute atomic E-state index is 0.0757. The SMILES string of the molecule is O=[N+]([O-])c1cccc(-c2nn3c(c2-c2ccncc2)SCCC3)c1. The highest BCUT2D eigenvalue weighted by molar-refractivity contribution is 7.99. The van der Waals surface area contributed by atoms with Crippen LogP contribution in [0, 0.1) is 10.1 Å². The molecule has 0 unspecified atom stereocenters. The molecule has 4 rings (SSSR count). The smallest absolute Gasteiger partial charge is 0.265 e. The van der Waals surface area contributed by atoms with Crippen LogP contribution >= 0.6 is 11.8 Å². The van der Waals surface area contributed by atoms with Crippen LogP contribution < -0.4 is 0 Å². The molecule has 1 aliphatic rings. The van der Waals surface area contributed by atoms with E-state index in [1.54, 1.807) is 36.3 Å². The zero-order valence-corrected chi connectivity index (χ0v) is 13.6. The number of benzene rings is 1. The van der Waals surface area contributed by atoms with Crippen molar-refractivity contribution < 1.29 is 4.92 Å². The fraction of sp³-hybridized carbons (Fsp3) is 0.176. The van der Waals surface area contributed by atoms with Gasteiger partial charge in [0, 0.05) is 48.0 Å². The molecule has 2 aromatic heterocycles. The van der Waals surface area contributed by atoms with Gasteiger partial charge in [0.05, 0.1) is 4.92 Å². The molecule has 0 saturated carbocycles. The lowest BCUT2D eigenvalue weighted by Gasteiger charge is -2.14. The average molecular weight is 338 g/mol. The van der Waals surface area contributed by atoms with Gasteiger partial charge < -0.3 is 0 Å². The van der Waals surface area contributed by atoms with Crippen molar-refractivity contribution in [1.82, 2.24) is 14.8 Å². The molecule has 0 saturated heterocycles. The zero-order chi connectivity index (χ0) is 16.5. The number of aryl methyl sites for hydroxylation is 1. The molecule has 0 N–H and O–H groups in total. The quantitative estimate of drug-likeness (QED) is 0.533. The number of thioether (sulfide) groups is 1. The first kappa shape index (κ1) is 14.9. The Labute approximate surface area is 142 Å². The van der Waals surface area contributed by atoms with E-state index in [1.807, 2.05) is 22.9 Å². The van der Waals surface area contributed by atoms with Crippen LogP contribution in [-0.4, -0.2) is 25.4 Å². The van der Waals surface area contributed by atoms with Gasteiger partial charge in [-0.2, -0.15) is 5.10 Å². The maximum Gasteiger partial charge on any atom is 0.270 e. The van der Waals surface area contributed by atoms with Crippen LogP contribution in [0.15, 0.2) is 53.8 Å². The van der Waals surface area contributed by atoms with Crippen LogP contribution in [0.3, 0.4) is 0 Å². The summed E-state index contributed by atoms with van der Waals surface area (Å²) < 4.78 is 2.01. The molecule has 1 aliphatic heterocycles. The van der Waals surface area contributed by atoms with Crippen LogP contribution in [-0.2, 0) is 6.54 Å². The second kappa shape index (κ2) is 6.09. The van der Waals surface area contributed by atoms with Crippen LogP contribution in [0.4, 0.5) is 5.69 Å². The first-order valence-electron chi connectivity index (χ1n) is 7.63. The highest BCUT2D eigenvalue weighted by atomic mass is 32.2. The van der Waals surface area contributed by atoms with Crippen molar-refractivity contribution in [3.05, 3.63) is 58.9 Å². The molecule has 0 fully saturated rings. The molecule has 6 nitrogen and oxygen atoms in total. The highest BCUT2D eigenvalue weighted by Crippen LogP contribution is 2.41. The number of nitrogens with zero attached hydrogens (tertiary/aromatic N) is 4. The van der Waals surface area contributed by atoms with Gasteiger partial charge in [-0.3, -0.25) is 19.8 Å². The number of nitro benzene ring substituents is 1. The first-order valence-corrected chi connectivity index (χ1v) is 8.61. The summed E-state index contributed by atoms with van der Waals surface area (Å²) in [5, 5.41) is 17.0. The second-order valence-corrected chi connectivity index (χ2v) is 6.58. The Balaban J connectivity index is 1.94. The molecule has 3 heterocycles. The Morgan fingerprint density at radius 2 is 2.00 bits per heavy atom. The van der Waals surface area contributed by atoms with Crippen LogP contribution in [0.5, 0.6) is 0 Å². The topological polar surface area (TPSA) is 73.8 Å². The predicted octanol–water partition coefficient (Wildman–Crippen LogP) is 4.02. The molecule has 7 heteroatoms. The van der Waals surface area contributed by atoms with Crippen molar-refractivity contribution in [2.45, 2.75) is 18.0 Å². The van der Waals surface area contributed by atoms with Gasteiger partial charge in [-0.25, -0.2) is 0 Å². The summed E-state index contributed by atoms with van der Waals surface area (Å²) in [4.78, 5) is 14.8. The molecular formula is C17H14N4O2S. The van der Waals surface area contributed by atoms with Gasteiger partial charge in [0.2, 0.25) is 0 Å². The van der Waals surface area contributed by atoms with Gasteiger partial charge in [-0.05, 0) is 24.1 Å². The molecule has 0 amide bonds. The van der Waals surface area contributed by atoms with Crippen molar-refractivity contribution in [2.75, 3.05) is 5.75 Å². The Morgan fingerprint density at radius 1 is 1.17 bits per heavy atom. The lowest BCUT2D eigenvalue weighted by Crippen LogP contribution is -2.08. The van der Waals surface area contributed by atoms with Gasteiger partial charge in [-0.15, -0.1) is 11.8 Å². The van der Waals surface area contributed by atoms with Crippen molar-refractivity contribution in [3.8, 4) is 22.4 Å². The number of hydrogen-bond donors (Lipinski definition) is 0. The number of pyridine rings is 1. The fourth-order valence-electron chi connectivity index (χ4n) is 2.88. The molecule has 0 bridgehead atoms. The summed E-state index contributed by atoms with van der Waals surface area (Å²) >= 11 is 1.78. The third-order valence-corrected chi connectivity index (χ3v) is 5.14. The predicted molar refractivity (Wildman–Crippen MR) is 92.9 cm³/mol. The van der Waals surface area contributed by atoms with Gasteiger partial charge in [0.25, 0.3) is 5.69 Å². The van der Waals surface area contributed by atoms with E-state index in [4.69, 9.17) is 5.10 Å². The number of hydrogen-bond acceptors (Lipinski definition) is 5. The van der Waals surface area contributed by atoms with E-state index in [0.717, 1.165) is 46.1 Å². The Hall–Kier alpha value is -2.67. The molecule has 0 aliphatic carbocycles. The summed E-state index contributed by atoms with van der Waals surface area (Å²) in [5.41, 5.74) is 3.68. The van der Waals surface area contributed by atoms with Crippen molar-refractivity contribution in [1.29, 1.82) is 0 Å². The molecule has 0 radical (unpaired) electrons. The monoisotopic (exact) mass is 338 g/mol. The van der Waals surface area contributed by atoms with Crippen molar-refractivity contribution >= 4 is 17.4 Å². The van der Waals surface area contributed by atoms with Crippen LogP contribution in [0.1, 0.15) is 6.42 Å². The molecular weight excluding hydrogens is 324 g/mol.